The lowest BCUT2D eigenvalue weighted by molar-refractivity contribution is -0.105. The highest BCUT2D eigenvalue weighted by atomic mass is 32.2. The molecule has 0 aliphatic rings. The zero-order valence-corrected chi connectivity index (χ0v) is 8.48. The van der Waals surface area contributed by atoms with E-state index in [0.717, 1.165) is 11.8 Å². The molecule has 15 heavy (non-hydrogen) atoms. The lowest BCUT2D eigenvalue weighted by atomic mass is 10.3. The second-order valence-electron chi connectivity index (χ2n) is 2.59. The van der Waals surface area contributed by atoms with E-state index in [1.165, 1.54) is 11.8 Å². The van der Waals surface area contributed by atoms with Crippen LogP contribution in [0.15, 0.2) is 34.2 Å². The molecule has 6 heteroatoms. The maximum Gasteiger partial charge on any atom is 0.277 e. The van der Waals surface area contributed by atoms with E-state index in [2.05, 4.69) is 15.2 Å². The van der Waals surface area contributed by atoms with Crippen LogP contribution in [0, 0.1) is 0 Å². The summed E-state index contributed by atoms with van der Waals surface area (Å²) in [6.07, 6.45) is 4.10. The van der Waals surface area contributed by atoms with Gasteiger partial charge in [-0.05, 0) is 12.1 Å². The molecule has 0 saturated heterocycles. The van der Waals surface area contributed by atoms with E-state index >= 15 is 0 Å². The Balaban J connectivity index is 2.17. The Bertz CT molecular complexity index is 444. The van der Waals surface area contributed by atoms with Gasteiger partial charge in [0.2, 0.25) is 5.89 Å². The van der Waals surface area contributed by atoms with Crippen molar-refractivity contribution in [1.82, 2.24) is 15.2 Å². The van der Waals surface area contributed by atoms with E-state index in [0.29, 0.717) is 16.9 Å². The first-order chi connectivity index (χ1) is 7.40. The molecular formula is C9H7N3O2S. The Morgan fingerprint density at radius 1 is 1.47 bits per heavy atom. The van der Waals surface area contributed by atoms with Crippen LogP contribution in [0.5, 0.6) is 0 Å². The van der Waals surface area contributed by atoms with Crippen LogP contribution in [0.25, 0.3) is 11.5 Å². The molecule has 0 N–H and O–H groups in total. The number of rotatable bonds is 4. The van der Waals surface area contributed by atoms with Crippen molar-refractivity contribution in [1.29, 1.82) is 0 Å². The maximum atomic E-state index is 10.1. The number of nitrogens with zero attached hydrogens (tertiary/aromatic N) is 3. The van der Waals surface area contributed by atoms with E-state index in [4.69, 9.17) is 4.42 Å². The van der Waals surface area contributed by atoms with Gasteiger partial charge in [0.1, 0.15) is 6.29 Å². The Morgan fingerprint density at radius 3 is 3.13 bits per heavy atom. The minimum atomic E-state index is 0.314. The summed E-state index contributed by atoms with van der Waals surface area (Å²) in [5.41, 5.74) is 0.767. The van der Waals surface area contributed by atoms with Crippen LogP contribution in [0.1, 0.15) is 0 Å². The number of pyridine rings is 1. The average molecular weight is 221 g/mol. The van der Waals surface area contributed by atoms with Gasteiger partial charge >= 0.3 is 0 Å². The quantitative estimate of drug-likeness (QED) is 0.574. The molecule has 0 aromatic carbocycles. The van der Waals surface area contributed by atoms with Gasteiger partial charge in [-0.2, -0.15) is 0 Å². The molecule has 0 aliphatic heterocycles. The molecule has 0 saturated carbocycles. The molecule has 2 heterocycles. The van der Waals surface area contributed by atoms with Crippen LogP contribution in [-0.4, -0.2) is 27.2 Å². The second kappa shape index (κ2) is 4.70. The fraction of sp³-hybridized carbons (Fsp3) is 0.111. The Kier molecular flexibility index (Phi) is 3.08. The van der Waals surface area contributed by atoms with Gasteiger partial charge in [0.25, 0.3) is 5.22 Å². The summed E-state index contributed by atoms with van der Waals surface area (Å²) in [6, 6.07) is 3.62. The normalized spacial score (nSPS) is 10.1. The fourth-order valence-electron chi connectivity index (χ4n) is 0.979. The van der Waals surface area contributed by atoms with Crippen molar-refractivity contribution in [2.75, 3.05) is 5.75 Å². The maximum absolute atomic E-state index is 10.1. The summed E-state index contributed by atoms with van der Waals surface area (Å²) >= 11 is 1.21. The van der Waals surface area contributed by atoms with Crippen molar-refractivity contribution in [2.24, 2.45) is 0 Å². The molecule has 0 fully saturated rings. The zero-order chi connectivity index (χ0) is 10.5. The first-order valence-corrected chi connectivity index (χ1v) is 5.19. The highest BCUT2D eigenvalue weighted by molar-refractivity contribution is 7.99. The third-order valence-electron chi connectivity index (χ3n) is 1.59. The average Bonchev–Trinajstić information content (AvgIpc) is 2.76. The summed E-state index contributed by atoms with van der Waals surface area (Å²) in [5, 5.41) is 8.03. The topological polar surface area (TPSA) is 68.9 Å². The summed E-state index contributed by atoms with van der Waals surface area (Å²) in [4.78, 5) is 14.1. The number of aldehydes is 1. The van der Waals surface area contributed by atoms with Crippen molar-refractivity contribution < 1.29 is 9.21 Å². The number of thioether (sulfide) groups is 1. The van der Waals surface area contributed by atoms with Gasteiger partial charge in [0, 0.05) is 12.4 Å². The Labute approximate surface area is 89.9 Å². The molecule has 0 atom stereocenters. The minimum absolute atomic E-state index is 0.314. The standard InChI is InChI=1S/C9H7N3O2S/c13-4-5-15-9-12-11-8(14-9)7-2-1-3-10-6-7/h1-4,6H,5H2. The smallest absolute Gasteiger partial charge is 0.277 e. The van der Waals surface area contributed by atoms with Crippen LogP contribution >= 0.6 is 11.8 Å². The van der Waals surface area contributed by atoms with Crippen molar-refractivity contribution in [3.05, 3.63) is 24.5 Å². The van der Waals surface area contributed by atoms with Gasteiger partial charge < -0.3 is 9.21 Å². The van der Waals surface area contributed by atoms with Crippen LogP contribution in [-0.2, 0) is 4.79 Å². The summed E-state index contributed by atoms with van der Waals surface area (Å²) in [6.45, 7) is 0. The predicted octanol–water partition coefficient (Wildman–Crippen LogP) is 1.42. The molecule has 76 valence electrons. The molecule has 2 aromatic heterocycles. The van der Waals surface area contributed by atoms with Gasteiger partial charge in [-0.3, -0.25) is 4.98 Å². The lowest BCUT2D eigenvalue weighted by Gasteiger charge is -1.90. The largest absolute Gasteiger partial charge is 0.411 e. The summed E-state index contributed by atoms with van der Waals surface area (Å²) < 4.78 is 5.31. The number of carbonyl (C=O) groups excluding carboxylic acids is 1. The Morgan fingerprint density at radius 2 is 2.40 bits per heavy atom. The first-order valence-electron chi connectivity index (χ1n) is 4.20. The van der Waals surface area contributed by atoms with E-state index < -0.39 is 0 Å². The van der Waals surface area contributed by atoms with Gasteiger partial charge in [0.05, 0.1) is 11.3 Å². The first kappa shape index (κ1) is 9.85. The molecule has 0 bridgehead atoms. The van der Waals surface area contributed by atoms with Crippen molar-refractivity contribution in [2.45, 2.75) is 5.22 Å². The third-order valence-corrected chi connectivity index (χ3v) is 2.30. The van der Waals surface area contributed by atoms with E-state index in [1.54, 1.807) is 18.5 Å². The van der Waals surface area contributed by atoms with Gasteiger partial charge in [-0.1, -0.05) is 11.8 Å². The molecule has 0 aliphatic carbocycles. The number of carbonyl (C=O) groups is 1. The molecule has 0 amide bonds. The highest BCUT2D eigenvalue weighted by Gasteiger charge is 2.07. The lowest BCUT2D eigenvalue weighted by Crippen LogP contribution is -1.78. The Hall–Kier alpha value is -1.69. The van der Waals surface area contributed by atoms with Crippen LogP contribution < -0.4 is 0 Å². The zero-order valence-electron chi connectivity index (χ0n) is 7.66. The molecule has 2 aromatic rings. The summed E-state index contributed by atoms with van der Waals surface area (Å²) in [7, 11) is 0. The molecular weight excluding hydrogens is 214 g/mol. The predicted molar refractivity (Wildman–Crippen MR) is 54.3 cm³/mol. The molecule has 5 nitrogen and oxygen atoms in total. The van der Waals surface area contributed by atoms with Gasteiger partial charge in [-0.25, -0.2) is 0 Å². The van der Waals surface area contributed by atoms with Crippen molar-refractivity contribution >= 4 is 18.0 Å². The number of aromatic nitrogens is 3. The van der Waals surface area contributed by atoms with Crippen molar-refractivity contribution in [3.63, 3.8) is 0 Å². The van der Waals surface area contributed by atoms with Gasteiger partial charge in [-0.15, -0.1) is 10.2 Å². The summed E-state index contributed by atoms with van der Waals surface area (Å²) in [5.74, 6) is 0.728. The molecule has 0 radical (unpaired) electrons. The fourth-order valence-corrected chi connectivity index (χ4v) is 1.43. The van der Waals surface area contributed by atoms with Crippen LogP contribution in [0.3, 0.4) is 0 Å². The SMILES string of the molecule is O=CCSc1nnc(-c2cccnc2)o1. The highest BCUT2D eigenvalue weighted by Crippen LogP contribution is 2.21. The van der Waals surface area contributed by atoms with E-state index in [9.17, 15) is 4.79 Å². The van der Waals surface area contributed by atoms with Gasteiger partial charge in [0.15, 0.2) is 0 Å². The monoisotopic (exact) mass is 221 g/mol. The van der Waals surface area contributed by atoms with E-state index in [-0.39, 0.29) is 0 Å². The molecule has 2 rings (SSSR count). The minimum Gasteiger partial charge on any atom is -0.411 e. The third kappa shape index (κ3) is 2.41. The van der Waals surface area contributed by atoms with Crippen molar-refractivity contribution in [3.8, 4) is 11.5 Å². The number of hydrogen-bond acceptors (Lipinski definition) is 6. The number of hydrogen-bond donors (Lipinski definition) is 0. The molecule has 0 spiro atoms. The van der Waals surface area contributed by atoms with Crippen LogP contribution in [0.2, 0.25) is 0 Å². The second-order valence-corrected chi connectivity index (χ2v) is 3.56. The van der Waals surface area contributed by atoms with E-state index in [1.807, 2.05) is 6.07 Å². The molecule has 0 unspecified atom stereocenters. The van der Waals surface area contributed by atoms with Crippen LogP contribution in [0.4, 0.5) is 0 Å².